The zero-order valence-corrected chi connectivity index (χ0v) is 13.1. The van der Waals surface area contributed by atoms with Gasteiger partial charge in [0.15, 0.2) is 0 Å². The number of hydrogen-bond acceptors (Lipinski definition) is 4. The number of nitrogens with one attached hydrogen (secondary N) is 1. The van der Waals surface area contributed by atoms with E-state index >= 15 is 0 Å². The molecule has 1 atom stereocenters. The van der Waals surface area contributed by atoms with Crippen LogP contribution in [0.3, 0.4) is 0 Å². The summed E-state index contributed by atoms with van der Waals surface area (Å²) in [4.78, 5) is 20.7. The molecule has 5 nitrogen and oxygen atoms in total. The molecule has 2 rings (SSSR count). The smallest absolute Gasteiger partial charge is 0.225 e. The van der Waals surface area contributed by atoms with E-state index < -0.39 is 0 Å². The number of amides is 1. The van der Waals surface area contributed by atoms with E-state index in [1.807, 2.05) is 12.1 Å². The zero-order valence-electron chi connectivity index (χ0n) is 13.1. The lowest BCUT2D eigenvalue weighted by Gasteiger charge is -2.23. The fraction of sp³-hybridized carbons (Fsp3) is 0.625. The minimum Gasteiger partial charge on any atom is -0.325 e. The molecule has 0 aliphatic carbocycles. The van der Waals surface area contributed by atoms with Crippen molar-refractivity contribution in [1.82, 2.24) is 14.8 Å². The van der Waals surface area contributed by atoms with Crippen molar-refractivity contribution in [3.05, 3.63) is 24.5 Å². The molecule has 0 saturated carbocycles. The molecule has 1 aromatic heterocycles. The molecule has 1 aliphatic rings. The molecule has 5 heteroatoms. The van der Waals surface area contributed by atoms with E-state index in [9.17, 15) is 4.79 Å². The van der Waals surface area contributed by atoms with E-state index in [0.717, 1.165) is 25.3 Å². The first kappa shape index (κ1) is 15.9. The van der Waals surface area contributed by atoms with E-state index in [-0.39, 0.29) is 5.91 Å². The maximum absolute atomic E-state index is 11.9. The molecule has 1 fully saturated rings. The molecule has 1 aliphatic heterocycles. The van der Waals surface area contributed by atoms with Gasteiger partial charge in [0, 0.05) is 25.2 Å². The van der Waals surface area contributed by atoms with Crippen LogP contribution < -0.4 is 5.32 Å². The number of rotatable bonds is 5. The van der Waals surface area contributed by atoms with Crippen LogP contribution in [0.4, 0.5) is 5.69 Å². The molecule has 0 aromatic carbocycles. The number of likely N-dealkylation sites (tertiary alicyclic amines) is 1. The Labute approximate surface area is 127 Å². The quantitative estimate of drug-likeness (QED) is 0.899. The fourth-order valence-electron chi connectivity index (χ4n) is 2.80. The lowest BCUT2D eigenvalue weighted by molar-refractivity contribution is -0.116. The summed E-state index contributed by atoms with van der Waals surface area (Å²) in [5.74, 6) is 0.0661. The summed E-state index contributed by atoms with van der Waals surface area (Å²) in [6, 6.07) is 4.36. The lowest BCUT2D eigenvalue weighted by atomic mass is 10.1. The molecule has 0 spiro atoms. The molecule has 21 heavy (non-hydrogen) atoms. The van der Waals surface area contributed by atoms with Gasteiger partial charge >= 0.3 is 0 Å². The van der Waals surface area contributed by atoms with Gasteiger partial charge in [-0.3, -0.25) is 9.78 Å². The van der Waals surface area contributed by atoms with Gasteiger partial charge in [0.2, 0.25) is 5.91 Å². The summed E-state index contributed by atoms with van der Waals surface area (Å²) in [5.41, 5.74) is 0.769. The van der Waals surface area contributed by atoms with Gasteiger partial charge in [0.1, 0.15) is 0 Å². The SMILES string of the molecule is CN(C)C1CCCN(CCC(=O)Nc2cccnc2)CC1. The molecule has 116 valence electrons. The van der Waals surface area contributed by atoms with Gasteiger partial charge in [-0.25, -0.2) is 0 Å². The van der Waals surface area contributed by atoms with E-state index in [4.69, 9.17) is 0 Å². The molecule has 0 radical (unpaired) electrons. The molecule has 1 saturated heterocycles. The first-order valence-corrected chi connectivity index (χ1v) is 7.74. The molecule has 0 bridgehead atoms. The maximum atomic E-state index is 11.9. The van der Waals surface area contributed by atoms with Crippen molar-refractivity contribution < 1.29 is 4.79 Å². The van der Waals surface area contributed by atoms with Crippen molar-refractivity contribution in [2.75, 3.05) is 39.0 Å². The van der Waals surface area contributed by atoms with Crippen molar-refractivity contribution >= 4 is 11.6 Å². The lowest BCUT2D eigenvalue weighted by Crippen LogP contribution is -2.31. The summed E-state index contributed by atoms with van der Waals surface area (Å²) < 4.78 is 0. The Bertz CT molecular complexity index is 435. The molecule has 1 unspecified atom stereocenters. The van der Waals surface area contributed by atoms with Gasteiger partial charge in [-0.15, -0.1) is 0 Å². The second-order valence-corrected chi connectivity index (χ2v) is 5.93. The Balaban J connectivity index is 1.71. The standard InChI is InChI=1S/C16H26N4O/c1-19(2)15-6-4-10-20(11-7-15)12-8-16(21)18-14-5-3-9-17-13-14/h3,5,9,13,15H,4,6-8,10-12H2,1-2H3,(H,18,21). The van der Waals surface area contributed by atoms with Crippen molar-refractivity contribution in [3.63, 3.8) is 0 Å². The first-order valence-electron chi connectivity index (χ1n) is 7.74. The fourth-order valence-corrected chi connectivity index (χ4v) is 2.80. The summed E-state index contributed by atoms with van der Waals surface area (Å²) in [6.45, 7) is 3.03. The third kappa shape index (κ3) is 5.44. The largest absolute Gasteiger partial charge is 0.325 e. The predicted octanol–water partition coefficient (Wildman–Crippen LogP) is 1.83. The summed E-state index contributed by atoms with van der Waals surface area (Å²) in [7, 11) is 4.31. The van der Waals surface area contributed by atoms with Crippen LogP contribution in [0, 0.1) is 0 Å². The van der Waals surface area contributed by atoms with Crippen LogP contribution in [0.1, 0.15) is 25.7 Å². The van der Waals surface area contributed by atoms with Gasteiger partial charge in [0.25, 0.3) is 0 Å². The molecule has 1 amide bonds. The van der Waals surface area contributed by atoms with Crippen molar-refractivity contribution in [2.45, 2.75) is 31.7 Å². The van der Waals surface area contributed by atoms with Crippen molar-refractivity contribution in [3.8, 4) is 0 Å². The van der Waals surface area contributed by atoms with E-state index in [1.54, 1.807) is 12.4 Å². The number of carbonyl (C=O) groups excluding carboxylic acids is 1. The van der Waals surface area contributed by atoms with Crippen LogP contribution in [0.15, 0.2) is 24.5 Å². The normalized spacial score (nSPS) is 20.2. The second-order valence-electron chi connectivity index (χ2n) is 5.93. The number of hydrogen-bond donors (Lipinski definition) is 1. The number of carbonyl (C=O) groups is 1. The highest BCUT2D eigenvalue weighted by molar-refractivity contribution is 5.90. The van der Waals surface area contributed by atoms with E-state index in [1.165, 1.54) is 19.3 Å². The van der Waals surface area contributed by atoms with Crippen LogP contribution in [-0.2, 0) is 4.79 Å². The Morgan fingerprint density at radius 2 is 2.29 bits per heavy atom. The highest BCUT2D eigenvalue weighted by Crippen LogP contribution is 2.15. The van der Waals surface area contributed by atoms with Crippen LogP contribution in [0.25, 0.3) is 0 Å². The topological polar surface area (TPSA) is 48.5 Å². The van der Waals surface area contributed by atoms with Crippen LogP contribution in [0.5, 0.6) is 0 Å². The van der Waals surface area contributed by atoms with Gasteiger partial charge in [-0.1, -0.05) is 0 Å². The second kappa shape index (κ2) is 8.10. The van der Waals surface area contributed by atoms with Crippen LogP contribution in [0.2, 0.25) is 0 Å². The minimum atomic E-state index is 0.0661. The van der Waals surface area contributed by atoms with Gasteiger partial charge in [0.05, 0.1) is 11.9 Å². The minimum absolute atomic E-state index is 0.0661. The zero-order chi connectivity index (χ0) is 15.1. The predicted molar refractivity (Wildman–Crippen MR) is 85.2 cm³/mol. The Hall–Kier alpha value is -1.46. The highest BCUT2D eigenvalue weighted by Gasteiger charge is 2.18. The summed E-state index contributed by atoms with van der Waals surface area (Å²) >= 11 is 0. The average molecular weight is 290 g/mol. The van der Waals surface area contributed by atoms with E-state index in [2.05, 4.69) is 34.2 Å². The van der Waals surface area contributed by atoms with Gasteiger partial charge in [-0.2, -0.15) is 0 Å². The number of pyridine rings is 1. The molecule has 1 aromatic rings. The van der Waals surface area contributed by atoms with Crippen LogP contribution in [-0.4, -0.2) is 60.5 Å². The first-order chi connectivity index (χ1) is 10.1. The average Bonchev–Trinajstić information content (AvgIpc) is 2.72. The number of aromatic nitrogens is 1. The Morgan fingerprint density at radius 1 is 1.43 bits per heavy atom. The van der Waals surface area contributed by atoms with E-state index in [0.29, 0.717) is 12.5 Å². The number of nitrogens with zero attached hydrogens (tertiary/aromatic N) is 3. The molecular weight excluding hydrogens is 264 g/mol. The van der Waals surface area contributed by atoms with Crippen LogP contribution >= 0.6 is 0 Å². The summed E-state index contributed by atoms with van der Waals surface area (Å²) in [5, 5.41) is 2.89. The third-order valence-electron chi connectivity index (χ3n) is 4.12. The van der Waals surface area contributed by atoms with Crippen molar-refractivity contribution in [2.24, 2.45) is 0 Å². The maximum Gasteiger partial charge on any atom is 0.225 e. The highest BCUT2D eigenvalue weighted by atomic mass is 16.1. The Morgan fingerprint density at radius 3 is 3.00 bits per heavy atom. The third-order valence-corrected chi connectivity index (χ3v) is 4.12. The van der Waals surface area contributed by atoms with Gasteiger partial charge < -0.3 is 15.1 Å². The monoisotopic (exact) mass is 290 g/mol. The molecule has 2 heterocycles. The van der Waals surface area contributed by atoms with Crippen molar-refractivity contribution in [1.29, 1.82) is 0 Å². The molecule has 1 N–H and O–H groups in total. The molecular formula is C16H26N4O. The Kier molecular flexibility index (Phi) is 6.14. The van der Waals surface area contributed by atoms with Gasteiger partial charge in [-0.05, 0) is 58.6 Å². The summed E-state index contributed by atoms with van der Waals surface area (Å²) in [6.07, 6.45) is 7.58. The number of anilines is 1.